The van der Waals surface area contributed by atoms with Crippen molar-refractivity contribution in [2.75, 3.05) is 13.7 Å². The van der Waals surface area contributed by atoms with Gasteiger partial charge < -0.3 is 20.1 Å². The quantitative estimate of drug-likeness (QED) is 0.834. The number of hydrogen-bond donors (Lipinski definition) is 2. The van der Waals surface area contributed by atoms with E-state index >= 15 is 0 Å². The predicted molar refractivity (Wildman–Crippen MR) is 76.5 cm³/mol. The van der Waals surface area contributed by atoms with Crippen LogP contribution in [0.2, 0.25) is 0 Å². The largest absolute Gasteiger partial charge is 0.508 e. The number of esters is 1. The summed E-state index contributed by atoms with van der Waals surface area (Å²) in [7, 11) is 1.57. The average Bonchev–Trinajstić information content (AvgIpc) is 2.45. The lowest BCUT2D eigenvalue weighted by Crippen LogP contribution is -2.46. The summed E-state index contributed by atoms with van der Waals surface area (Å²) in [5.41, 5.74) is 1.28. The highest BCUT2D eigenvalue weighted by atomic mass is 16.5. The molecule has 1 atom stereocenters. The van der Waals surface area contributed by atoms with E-state index in [-0.39, 0.29) is 18.4 Å². The molecule has 0 fully saturated rings. The molecule has 1 aliphatic rings. The van der Waals surface area contributed by atoms with Crippen molar-refractivity contribution in [2.45, 2.75) is 19.9 Å². The molecule has 1 unspecified atom stereocenters. The van der Waals surface area contributed by atoms with Gasteiger partial charge in [-0.25, -0.2) is 9.59 Å². The summed E-state index contributed by atoms with van der Waals surface area (Å²) in [6, 6.07) is 5.52. The summed E-state index contributed by atoms with van der Waals surface area (Å²) >= 11 is 0. The van der Waals surface area contributed by atoms with Crippen LogP contribution in [0.1, 0.15) is 25.5 Å². The van der Waals surface area contributed by atoms with Crippen LogP contribution in [0, 0.1) is 0 Å². The number of phenolic OH excluding ortho intramolecular Hbond substituents is 1. The van der Waals surface area contributed by atoms with E-state index in [1.54, 1.807) is 39.1 Å². The number of para-hydroxylation sites is 1. The standard InChI is InChI=1S/C15H18N2O4/c1-4-21-14(19)12-9(2)17(3)15(20)16-13(12)10-7-5-6-8-11(10)18/h5-8,13,18H,4H2,1-3H3,(H,16,20). The van der Waals surface area contributed by atoms with Gasteiger partial charge in [-0.1, -0.05) is 18.2 Å². The summed E-state index contributed by atoms with van der Waals surface area (Å²) in [6.45, 7) is 3.63. The Hall–Kier alpha value is -2.50. The van der Waals surface area contributed by atoms with Crippen molar-refractivity contribution < 1.29 is 19.4 Å². The molecule has 6 nitrogen and oxygen atoms in total. The average molecular weight is 290 g/mol. The molecule has 0 aliphatic carbocycles. The Kier molecular flexibility index (Phi) is 4.16. The molecular weight excluding hydrogens is 272 g/mol. The van der Waals surface area contributed by atoms with Crippen molar-refractivity contribution in [2.24, 2.45) is 0 Å². The lowest BCUT2D eigenvalue weighted by atomic mass is 9.94. The number of allylic oxidation sites excluding steroid dienone is 1. The van der Waals surface area contributed by atoms with E-state index in [1.807, 2.05) is 0 Å². The van der Waals surface area contributed by atoms with Crippen LogP contribution in [0.15, 0.2) is 35.5 Å². The maximum Gasteiger partial charge on any atom is 0.338 e. The molecule has 112 valence electrons. The van der Waals surface area contributed by atoms with E-state index in [4.69, 9.17) is 4.74 Å². The van der Waals surface area contributed by atoms with Crippen LogP contribution in [0.3, 0.4) is 0 Å². The minimum atomic E-state index is -0.728. The predicted octanol–water partition coefficient (Wildman–Crippen LogP) is 1.93. The Bertz CT molecular complexity index is 609. The summed E-state index contributed by atoms with van der Waals surface area (Å²) in [5, 5.41) is 12.7. The number of carbonyl (C=O) groups is 2. The van der Waals surface area contributed by atoms with Crippen molar-refractivity contribution in [3.05, 3.63) is 41.1 Å². The lowest BCUT2D eigenvalue weighted by molar-refractivity contribution is -0.139. The van der Waals surface area contributed by atoms with Gasteiger partial charge in [-0.15, -0.1) is 0 Å². The fraction of sp³-hybridized carbons (Fsp3) is 0.333. The molecule has 2 amide bonds. The van der Waals surface area contributed by atoms with E-state index < -0.39 is 12.0 Å². The number of phenols is 1. The molecule has 1 aromatic rings. The first-order chi connectivity index (χ1) is 9.97. The van der Waals surface area contributed by atoms with E-state index in [0.717, 1.165) is 0 Å². The van der Waals surface area contributed by atoms with Gasteiger partial charge in [0.15, 0.2) is 0 Å². The van der Waals surface area contributed by atoms with Crippen molar-refractivity contribution in [3.63, 3.8) is 0 Å². The first-order valence-electron chi connectivity index (χ1n) is 6.67. The number of hydrogen-bond acceptors (Lipinski definition) is 4. The summed E-state index contributed by atoms with van der Waals surface area (Å²) < 4.78 is 5.07. The van der Waals surface area contributed by atoms with Gasteiger partial charge in [-0.3, -0.25) is 0 Å². The van der Waals surface area contributed by atoms with Gasteiger partial charge in [0.05, 0.1) is 18.2 Å². The first kappa shape index (κ1) is 14.9. The molecule has 2 N–H and O–H groups in total. The van der Waals surface area contributed by atoms with E-state index in [9.17, 15) is 14.7 Å². The number of rotatable bonds is 3. The second kappa shape index (κ2) is 5.87. The Balaban J connectivity index is 2.54. The fourth-order valence-corrected chi connectivity index (χ4v) is 2.27. The molecule has 0 bridgehead atoms. The molecule has 1 aromatic carbocycles. The van der Waals surface area contributed by atoms with Gasteiger partial charge in [0.2, 0.25) is 0 Å². The minimum absolute atomic E-state index is 0.0157. The Labute approximate surface area is 123 Å². The van der Waals surface area contributed by atoms with Gasteiger partial charge in [0.1, 0.15) is 5.75 Å². The summed E-state index contributed by atoms with van der Waals surface area (Å²) in [4.78, 5) is 25.5. The van der Waals surface area contributed by atoms with E-state index in [0.29, 0.717) is 16.8 Å². The van der Waals surface area contributed by atoms with Crippen molar-refractivity contribution in [1.29, 1.82) is 0 Å². The number of urea groups is 1. The van der Waals surface area contributed by atoms with E-state index in [2.05, 4.69) is 5.32 Å². The van der Waals surface area contributed by atoms with Gasteiger partial charge in [0.25, 0.3) is 0 Å². The number of amides is 2. The number of aromatic hydroxyl groups is 1. The van der Waals surface area contributed by atoms with Crippen LogP contribution in [-0.4, -0.2) is 35.7 Å². The van der Waals surface area contributed by atoms with Gasteiger partial charge >= 0.3 is 12.0 Å². The number of nitrogens with one attached hydrogen (secondary N) is 1. The third kappa shape index (κ3) is 2.69. The Morgan fingerprint density at radius 2 is 2.10 bits per heavy atom. The third-order valence-electron chi connectivity index (χ3n) is 3.50. The molecule has 0 spiro atoms. The number of nitrogens with zero attached hydrogens (tertiary/aromatic N) is 1. The van der Waals surface area contributed by atoms with Gasteiger partial charge in [-0.2, -0.15) is 0 Å². The third-order valence-corrected chi connectivity index (χ3v) is 3.50. The number of benzene rings is 1. The molecule has 0 aromatic heterocycles. The monoisotopic (exact) mass is 290 g/mol. The topological polar surface area (TPSA) is 78.9 Å². The van der Waals surface area contributed by atoms with Crippen LogP contribution < -0.4 is 5.32 Å². The van der Waals surface area contributed by atoms with Crippen LogP contribution in [0.25, 0.3) is 0 Å². The minimum Gasteiger partial charge on any atom is -0.508 e. The van der Waals surface area contributed by atoms with Crippen molar-refractivity contribution in [3.8, 4) is 5.75 Å². The maximum absolute atomic E-state index is 12.2. The second-order valence-corrected chi connectivity index (χ2v) is 4.72. The van der Waals surface area contributed by atoms with Crippen molar-refractivity contribution in [1.82, 2.24) is 10.2 Å². The lowest BCUT2D eigenvalue weighted by Gasteiger charge is -2.33. The SMILES string of the molecule is CCOC(=O)C1=C(C)N(C)C(=O)NC1c1ccccc1O. The molecule has 6 heteroatoms. The normalized spacial score (nSPS) is 18.5. The highest BCUT2D eigenvalue weighted by Gasteiger charge is 2.35. The Morgan fingerprint density at radius 1 is 1.43 bits per heavy atom. The summed E-state index contributed by atoms with van der Waals surface area (Å²) in [6.07, 6.45) is 0. The zero-order valence-electron chi connectivity index (χ0n) is 12.2. The smallest absolute Gasteiger partial charge is 0.338 e. The fourth-order valence-electron chi connectivity index (χ4n) is 2.27. The zero-order chi connectivity index (χ0) is 15.6. The van der Waals surface area contributed by atoms with Crippen LogP contribution in [0.5, 0.6) is 5.75 Å². The molecule has 1 heterocycles. The van der Waals surface area contributed by atoms with Crippen molar-refractivity contribution >= 4 is 12.0 Å². The number of ether oxygens (including phenoxy) is 1. The first-order valence-corrected chi connectivity index (χ1v) is 6.67. The molecule has 21 heavy (non-hydrogen) atoms. The Morgan fingerprint density at radius 3 is 2.71 bits per heavy atom. The molecular formula is C15H18N2O4. The van der Waals surface area contributed by atoms with Crippen LogP contribution in [-0.2, 0) is 9.53 Å². The molecule has 2 rings (SSSR count). The van der Waals surface area contributed by atoms with Gasteiger partial charge in [0, 0.05) is 18.3 Å². The maximum atomic E-state index is 12.2. The summed E-state index contributed by atoms with van der Waals surface area (Å²) in [5.74, 6) is -0.489. The van der Waals surface area contributed by atoms with Crippen LogP contribution >= 0.6 is 0 Å². The molecule has 0 radical (unpaired) electrons. The second-order valence-electron chi connectivity index (χ2n) is 4.72. The molecule has 1 aliphatic heterocycles. The van der Waals surface area contributed by atoms with Gasteiger partial charge in [-0.05, 0) is 19.9 Å². The van der Waals surface area contributed by atoms with E-state index in [1.165, 1.54) is 11.0 Å². The highest BCUT2D eigenvalue weighted by molar-refractivity contribution is 5.95. The molecule has 0 saturated carbocycles. The highest BCUT2D eigenvalue weighted by Crippen LogP contribution is 2.34. The van der Waals surface area contributed by atoms with Crippen LogP contribution in [0.4, 0.5) is 4.79 Å². The molecule has 0 saturated heterocycles. The number of carbonyl (C=O) groups excluding carboxylic acids is 2. The zero-order valence-corrected chi connectivity index (χ0v) is 12.2.